The lowest BCUT2D eigenvalue weighted by Crippen LogP contribution is -2.25. The van der Waals surface area contributed by atoms with Gasteiger partial charge >= 0.3 is 0 Å². The fourth-order valence-corrected chi connectivity index (χ4v) is 1.23. The topological polar surface area (TPSA) is 33.3 Å². The largest absolute Gasteiger partial charge is 0.381 e. The Labute approximate surface area is 95.0 Å². The van der Waals surface area contributed by atoms with Crippen LogP contribution in [0.4, 0.5) is 0 Å². The monoisotopic (exact) mass is 216 g/mol. The molecule has 0 spiro atoms. The highest BCUT2D eigenvalue weighted by molar-refractivity contribution is 4.53. The van der Waals surface area contributed by atoms with Gasteiger partial charge in [-0.25, -0.2) is 0 Å². The van der Waals surface area contributed by atoms with E-state index in [1.54, 1.807) is 0 Å². The van der Waals surface area contributed by atoms with Gasteiger partial charge in [-0.3, -0.25) is 0 Å². The zero-order valence-electron chi connectivity index (χ0n) is 10.8. The molecule has 0 fully saturated rings. The van der Waals surface area contributed by atoms with Crippen LogP contribution in [-0.4, -0.2) is 38.4 Å². The molecule has 0 unspecified atom stereocenters. The highest BCUT2D eigenvalue weighted by Crippen LogP contribution is 1.87. The van der Waals surface area contributed by atoms with Crippen molar-refractivity contribution in [2.45, 2.75) is 52.6 Å². The lowest BCUT2D eigenvalue weighted by Gasteiger charge is -2.09. The van der Waals surface area contributed by atoms with Crippen LogP contribution >= 0.6 is 0 Å². The van der Waals surface area contributed by atoms with Gasteiger partial charge in [-0.15, -0.1) is 0 Å². The van der Waals surface area contributed by atoms with E-state index in [-0.39, 0.29) is 0 Å². The summed E-state index contributed by atoms with van der Waals surface area (Å²) in [5, 5.41) is 6.74. The quantitative estimate of drug-likeness (QED) is 0.546. The van der Waals surface area contributed by atoms with Crippen LogP contribution in [0.25, 0.3) is 0 Å². The van der Waals surface area contributed by atoms with Crippen LogP contribution in [0, 0.1) is 0 Å². The Kier molecular flexibility index (Phi) is 10.3. The normalized spacial score (nSPS) is 11.6. The van der Waals surface area contributed by atoms with Gasteiger partial charge in [0, 0.05) is 25.3 Å². The van der Waals surface area contributed by atoms with Crippen molar-refractivity contribution in [3.05, 3.63) is 0 Å². The Bertz CT molecular complexity index is 113. The molecule has 0 amide bonds. The Hall–Kier alpha value is -0.120. The van der Waals surface area contributed by atoms with E-state index in [1.165, 1.54) is 0 Å². The SMILES string of the molecule is CC(C)NCCCOCCCNC(C)C. The molecule has 0 aromatic heterocycles. The van der Waals surface area contributed by atoms with Crippen LogP contribution in [0.1, 0.15) is 40.5 Å². The minimum Gasteiger partial charge on any atom is -0.381 e. The first-order valence-electron chi connectivity index (χ1n) is 6.17. The maximum Gasteiger partial charge on any atom is 0.0478 e. The molecule has 0 aliphatic heterocycles. The van der Waals surface area contributed by atoms with E-state index in [9.17, 15) is 0 Å². The molecule has 0 rings (SSSR count). The molecule has 0 radical (unpaired) electrons. The number of rotatable bonds is 10. The molecule has 0 aromatic carbocycles. The van der Waals surface area contributed by atoms with E-state index in [2.05, 4.69) is 38.3 Å². The van der Waals surface area contributed by atoms with Crippen LogP contribution in [-0.2, 0) is 4.74 Å². The molecule has 0 aromatic rings. The maximum atomic E-state index is 5.52. The summed E-state index contributed by atoms with van der Waals surface area (Å²) in [6.45, 7) is 12.5. The average Bonchev–Trinajstić information content (AvgIpc) is 2.14. The molecule has 0 saturated heterocycles. The summed E-state index contributed by atoms with van der Waals surface area (Å²) >= 11 is 0. The molecular weight excluding hydrogens is 188 g/mol. The Morgan fingerprint density at radius 1 is 0.800 bits per heavy atom. The molecule has 3 nitrogen and oxygen atoms in total. The van der Waals surface area contributed by atoms with Crippen LogP contribution in [0.2, 0.25) is 0 Å². The zero-order valence-corrected chi connectivity index (χ0v) is 10.8. The Balaban J connectivity index is 2.93. The van der Waals surface area contributed by atoms with Gasteiger partial charge in [-0.05, 0) is 25.9 Å². The lowest BCUT2D eigenvalue weighted by atomic mass is 10.3. The van der Waals surface area contributed by atoms with Crippen molar-refractivity contribution in [1.82, 2.24) is 10.6 Å². The highest BCUT2D eigenvalue weighted by Gasteiger charge is 1.94. The molecule has 3 heteroatoms. The van der Waals surface area contributed by atoms with Crippen LogP contribution in [0.5, 0.6) is 0 Å². The van der Waals surface area contributed by atoms with E-state index in [4.69, 9.17) is 4.74 Å². The first-order chi connectivity index (χ1) is 7.13. The van der Waals surface area contributed by atoms with Crippen LogP contribution in [0.3, 0.4) is 0 Å². The van der Waals surface area contributed by atoms with Gasteiger partial charge in [0.25, 0.3) is 0 Å². The van der Waals surface area contributed by atoms with Crippen molar-refractivity contribution in [3.8, 4) is 0 Å². The van der Waals surface area contributed by atoms with Gasteiger partial charge in [0.2, 0.25) is 0 Å². The molecule has 0 aliphatic rings. The summed E-state index contributed by atoms with van der Waals surface area (Å²) in [7, 11) is 0. The summed E-state index contributed by atoms with van der Waals surface area (Å²) in [6.07, 6.45) is 2.21. The molecule has 0 saturated carbocycles. The smallest absolute Gasteiger partial charge is 0.0478 e. The third kappa shape index (κ3) is 13.9. The van der Waals surface area contributed by atoms with E-state index >= 15 is 0 Å². The van der Waals surface area contributed by atoms with Gasteiger partial charge in [0.15, 0.2) is 0 Å². The second-order valence-corrected chi connectivity index (χ2v) is 4.54. The summed E-state index contributed by atoms with van der Waals surface area (Å²) < 4.78 is 5.52. The van der Waals surface area contributed by atoms with Gasteiger partial charge in [-0.1, -0.05) is 27.7 Å². The zero-order chi connectivity index (χ0) is 11.5. The molecule has 0 heterocycles. The number of hydrogen-bond acceptors (Lipinski definition) is 3. The molecule has 0 atom stereocenters. The van der Waals surface area contributed by atoms with Crippen molar-refractivity contribution in [1.29, 1.82) is 0 Å². The minimum absolute atomic E-state index is 0.584. The van der Waals surface area contributed by atoms with Gasteiger partial charge in [0.1, 0.15) is 0 Å². The van der Waals surface area contributed by atoms with E-state index in [1.807, 2.05) is 0 Å². The standard InChI is InChI=1S/C12H28N2O/c1-11(2)13-7-5-9-15-10-6-8-14-12(3)4/h11-14H,5-10H2,1-4H3. The first-order valence-corrected chi connectivity index (χ1v) is 6.17. The van der Waals surface area contributed by atoms with Crippen molar-refractivity contribution >= 4 is 0 Å². The van der Waals surface area contributed by atoms with E-state index < -0.39 is 0 Å². The van der Waals surface area contributed by atoms with Gasteiger partial charge < -0.3 is 15.4 Å². The second kappa shape index (κ2) is 10.4. The van der Waals surface area contributed by atoms with Crippen LogP contribution < -0.4 is 10.6 Å². The summed E-state index contributed by atoms with van der Waals surface area (Å²) in [6, 6.07) is 1.17. The summed E-state index contributed by atoms with van der Waals surface area (Å²) in [4.78, 5) is 0. The van der Waals surface area contributed by atoms with Crippen molar-refractivity contribution in [3.63, 3.8) is 0 Å². The Morgan fingerprint density at radius 3 is 1.53 bits per heavy atom. The first kappa shape index (κ1) is 14.9. The van der Waals surface area contributed by atoms with Crippen molar-refractivity contribution < 1.29 is 4.74 Å². The lowest BCUT2D eigenvalue weighted by molar-refractivity contribution is 0.128. The second-order valence-electron chi connectivity index (χ2n) is 4.54. The fourth-order valence-electron chi connectivity index (χ4n) is 1.23. The molecule has 0 bridgehead atoms. The van der Waals surface area contributed by atoms with Crippen molar-refractivity contribution in [2.24, 2.45) is 0 Å². The highest BCUT2D eigenvalue weighted by atomic mass is 16.5. The predicted octanol–water partition coefficient (Wildman–Crippen LogP) is 1.78. The summed E-state index contributed by atoms with van der Waals surface area (Å²) in [5.41, 5.74) is 0. The van der Waals surface area contributed by atoms with E-state index in [0.717, 1.165) is 39.1 Å². The van der Waals surface area contributed by atoms with Gasteiger partial charge in [-0.2, -0.15) is 0 Å². The molecule has 15 heavy (non-hydrogen) atoms. The summed E-state index contributed by atoms with van der Waals surface area (Å²) in [5.74, 6) is 0. The van der Waals surface area contributed by atoms with Crippen LogP contribution in [0.15, 0.2) is 0 Å². The predicted molar refractivity (Wildman–Crippen MR) is 66.3 cm³/mol. The van der Waals surface area contributed by atoms with E-state index in [0.29, 0.717) is 12.1 Å². The minimum atomic E-state index is 0.584. The Morgan fingerprint density at radius 2 is 1.20 bits per heavy atom. The number of hydrogen-bond donors (Lipinski definition) is 2. The average molecular weight is 216 g/mol. The number of ether oxygens (including phenoxy) is 1. The van der Waals surface area contributed by atoms with Gasteiger partial charge in [0.05, 0.1) is 0 Å². The maximum absolute atomic E-state index is 5.52. The van der Waals surface area contributed by atoms with Crippen molar-refractivity contribution in [2.75, 3.05) is 26.3 Å². The third-order valence-corrected chi connectivity index (χ3v) is 2.04. The molecule has 0 aliphatic carbocycles. The third-order valence-electron chi connectivity index (χ3n) is 2.04. The molecule has 92 valence electrons. The fraction of sp³-hybridized carbons (Fsp3) is 1.00. The molecule has 2 N–H and O–H groups in total. The number of nitrogens with one attached hydrogen (secondary N) is 2. The molecular formula is C12H28N2O.